The second-order valence-electron chi connectivity index (χ2n) is 8.73. The molecule has 178 valence electrons. The van der Waals surface area contributed by atoms with Gasteiger partial charge in [0.05, 0.1) is 39.9 Å². The Labute approximate surface area is 201 Å². The number of fused-ring (bicyclic) bond motifs is 2. The summed E-state index contributed by atoms with van der Waals surface area (Å²) in [5.74, 6) is 1.01. The van der Waals surface area contributed by atoms with Crippen LogP contribution in [-0.2, 0) is 9.84 Å². The second kappa shape index (κ2) is 8.09. The molecule has 1 amide bonds. The van der Waals surface area contributed by atoms with Crippen molar-refractivity contribution in [2.24, 2.45) is 0 Å². The summed E-state index contributed by atoms with van der Waals surface area (Å²) in [5.41, 5.74) is 3.55. The number of sulfone groups is 1. The van der Waals surface area contributed by atoms with Gasteiger partial charge in [0.25, 0.3) is 5.91 Å². The molecule has 35 heavy (non-hydrogen) atoms. The van der Waals surface area contributed by atoms with Crippen LogP contribution in [0.25, 0.3) is 22.3 Å². The van der Waals surface area contributed by atoms with Crippen LogP contribution in [0.5, 0.6) is 11.5 Å². The Balaban J connectivity index is 1.48. The molecule has 0 saturated carbocycles. The number of ether oxygens (including phenoxy) is 2. The highest BCUT2D eigenvalue weighted by atomic mass is 32.2. The standard InChI is InChI=1S/C25H22N4O5S/c1-15-23-19(25(30)26-17-7-8-21-22(11-17)34-14-33-21)12-20(16-5-3-2-4-6-16)27-24(23)29(28-15)18-9-10-35(31,32)13-18/h2-8,11-12,18H,9-10,13-14H2,1H3,(H,26,30)/t18-/m0/s1. The lowest BCUT2D eigenvalue weighted by molar-refractivity contribution is 0.102. The summed E-state index contributed by atoms with van der Waals surface area (Å²) in [6.07, 6.45) is 0.467. The number of carbonyl (C=O) groups is 1. The summed E-state index contributed by atoms with van der Waals surface area (Å²) in [4.78, 5) is 18.4. The van der Waals surface area contributed by atoms with Gasteiger partial charge in [0, 0.05) is 17.3 Å². The number of benzene rings is 2. The molecule has 10 heteroatoms. The summed E-state index contributed by atoms with van der Waals surface area (Å²) in [7, 11) is -3.13. The third kappa shape index (κ3) is 3.89. The summed E-state index contributed by atoms with van der Waals surface area (Å²) in [5, 5.41) is 8.19. The first-order chi connectivity index (χ1) is 16.9. The molecule has 6 rings (SSSR count). The number of nitrogens with one attached hydrogen (secondary N) is 1. The maximum Gasteiger partial charge on any atom is 0.256 e. The molecular formula is C25H22N4O5S. The number of hydrogen-bond donors (Lipinski definition) is 1. The lowest BCUT2D eigenvalue weighted by atomic mass is 10.0. The second-order valence-corrected chi connectivity index (χ2v) is 11.0. The molecule has 4 heterocycles. The van der Waals surface area contributed by atoms with Crippen molar-refractivity contribution in [1.82, 2.24) is 14.8 Å². The smallest absolute Gasteiger partial charge is 0.256 e. The first-order valence-electron chi connectivity index (χ1n) is 11.2. The molecule has 2 aliphatic heterocycles. The molecule has 0 spiro atoms. The lowest BCUT2D eigenvalue weighted by Gasteiger charge is -2.12. The van der Waals surface area contributed by atoms with E-state index in [0.29, 0.717) is 51.6 Å². The summed E-state index contributed by atoms with van der Waals surface area (Å²) in [6.45, 7) is 1.96. The molecule has 2 aromatic heterocycles. The number of carbonyl (C=O) groups excluding carboxylic acids is 1. The van der Waals surface area contributed by atoms with Gasteiger partial charge < -0.3 is 14.8 Å². The third-order valence-corrected chi connectivity index (χ3v) is 8.09. The fraction of sp³-hybridized carbons (Fsp3) is 0.240. The Kier molecular flexibility index (Phi) is 4.99. The van der Waals surface area contributed by atoms with Gasteiger partial charge in [0.2, 0.25) is 6.79 Å². The van der Waals surface area contributed by atoms with Gasteiger partial charge in [-0.1, -0.05) is 30.3 Å². The SMILES string of the molecule is Cc1nn([C@H]2CCS(=O)(=O)C2)c2nc(-c3ccccc3)cc(C(=O)Nc3ccc4c(c3)OCO4)c12. The normalized spacial score (nSPS) is 18.1. The molecule has 2 aromatic carbocycles. The van der Waals surface area contributed by atoms with Crippen molar-refractivity contribution >= 4 is 32.5 Å². The van der Waals surface area contributed by atoms with E-state index in [-0.39, 0.29) is 30.2 Å². The fourth-order valence-electron chi connectivity index (χ4n) is 4.64. The maximum atomic E-state index is 13.6. The Bertz CT molecular complexity index is 1580. The van der Waals surface area contributed by atoms with E-state index in [9.17, 15) is 13.2 Å². The van der Waals surface area contributed by atoms with Gasteiger partial charge in [-0.15, -0.1) is 0 Å². The van der Waals surface area contributed by atoms with Crippen LogP contribution in [0.1, 0.15) is 28.5 Å². The molecule has 1 N–H and O–H groups in total. The number of amides is 1. The van der Waals surface area contributed by atoms with Crippen LogP contribution < -0.4 is 14.8 Å². The zero-order valence-electron chi connectivity index (χ0n) is 18.9. The summed E-state index contributed by atoms with van der Waals surface area (Å²) < 4.78 is 36.8. The average Bonchev–Trinajstić information content (AvgIpc) is 3.55. The van der Waals surface area contributed by atoms with Crippen LogP contribution in [0.2, 0.25) is 0 Å². The quantitative estimate of drug-likeness (QED) is 0.464. The van der Waals surface area contributed by atoms with Crippen molar-refractivity contribution in [2.45, 2.75) is 19.4 Å². The molecule has 0 aliphatic carbocycles. The highest BCUT2D eigenvalue weighted by Crippen LogP contribution is 2.35. The van der Waals surface area contributed by atoms with E-state index in [1.807, 2.05) is 37.3 Å². The van der Waals surface area contributed by atoms with Gasteiger partial charge in [-0.25, -0.2) is 18.1 Å². The maximum absolute atomic E-state index is 13.6. The van der Waals surface area contributed by atoms with Crippen molar-refractivity contribution in [3.8, 4) is 22.8 Å². The number of hydrogen-bond acceptors (Lipinski definition) is 7. The van der Waals surface area contributed by atoms with Crippen molar-refractivity contribution in [3.05, 3.63) is 65.9 Å². The van der Waals surface area contributed by atoms with Crippen LogP contribution in [0.15, 0.2) is 54.6 Å². The summed E-state index contributed by atoms with van der Waals surface area (Å²) in [6, 6.07) is 16.2. The fourth-order valence-corrected chi connectivity index (χ4v) is 6.34. The number of aryl methyl sites for hydroxylation is 1. The molecule has 9 nitrogen and oxygen atoms in total. The van der Waals surface area contributed by atoms with Gasteiger partial charge in [-0.05, 0) is 31.5 Å². The molecule has 0 bridgehead atoms. The molecule has 1 fully saturated rings. The Morgan fingerprint density at radius 2 is 1.89 bits per heavy atom. The number of pyridine rings is 1. The topological polar surface area (TPSA) is 112 Å². The zero-order valence-corrected chi connectivity index (χ0v) is 19.7. The van der Waals surface area contributed by atoms with Crippen LogP contribution in [0.4, 0.5) is 5.69 Å². The average molecular weight is 491 g/mol. The van der Waals surface area contributed by atoms with E-state index in [2.05, 4.69) is 10.4 Å². The zero-order chi connectivity index (χ0) is 24.2. The number of anilines is 1. The van der Waals surface area contributed by atoms with Crippen molar-refractivity contribution in [1.29, 1.82) is 0 Å². The van der Waals surface area contributed by atoms with E-state index in [1.54, 1.807) is 28.9 Å². The number of nitrogens with zero attached hydrogens (tertiary/aromatic N) is 3. The highest BCUT2D eigenvalue weighted by molar-refractivity contribution is 7.91. The van der Waals surface area contributed by atoms with E-state index >= 15 is 0 Å². The van der Waals surface area contributed by atoms with Crippen LogP contribution in [0.3, 0.4) is 0 Å². The van der Waals surface area contributed by atoms with E-state index in [0.717, 1.165) is 5.56 Å². The van der Waals surface area contributed by atoms with E-state index < -0.39 is 9.84 Å². The Morgan fingerprint density at radius 3 is 2.66 bits per heavy atom. The van der Waals surface area contributed by atoms with Crippen LogP contribution in [0, 0.1) is 6.92 Å². The highest BCUT2D eigenvalue weighted by Gasteiger charge is 2.32. The van der Waals surface area contributed by atoms with Gasteiger partial charge in [0.1, 0.15) is 0 Å². The van der Waals surface area contributed by atoms with Crippen molar-refractivity contribution in [3.63, 3.8) is 0 Å². The third-order valence-electron chi connectivity index (χ3n) is 6.34. The first kappa shape index (κ1) is 21.6. The molecule has 1 saturated heterocycles. The molecule has 4 aromatic rings. The predicted octanol–water partition coefficient (Wildman–Crippen LogP) is 3.75. The molecule has 1 atom stereocenters. The Morgan fingerprint density at radius 1 is 1.09 bits per heavy atom. The largest absolute Gasteiger partial charge is 0.454 e. The van der Waals surface area contributed by atoms with Crippen LogP contribution in [-0.4, -0.2) is 47.4 Å². The van der Waals surface area contributed by atoms with Gasteiger partial charge in [-0.2, -0.15) is 5.10 Å². The van der Waals surface area contributed by atoms with Crippen molar-refractivity contribution in [2.75, 3.05) is 23.6 Å². The van der Waals surface area contributed by atoms with Gasteiger partial charge in [-0.3, -0.25) is 4.79 Å². The molecule has 2 aliphatic rings. The molecular weight excluding hydrogens is 468 g/mol. The van der Waals surface area contributed by atoms with Crippen LogP contribution >= 0.6 is 0 Å². The monoisotopic (exact) mass is 490 g/mol. The minimum atomic E-state index is -3.13. The minimum Gasteiger partial charge on any atom is -0.454 e. The summed E-state index contributed by atoms with van der Waals surface area (Å²) >= 11 is 0. The minimum absolute atomic E-state index is 0.0131. The van der Waals surface area contributed by atoms with E-state index in [1.165, 1.54) is 0 Å². The van der Waals surface area contributed by atoms with Crippen molar-refractivity contribution < 1.29 is 22.7 Å². The van der Waals surface area contributed by atoms with Gasteiger partial charge >= 0.3 is 0 Å². The van der Waals surface area contributed by atoms with E-state index in [4.69, 9.17) is 14.5 Å². The Hall–Kier alpha value is -3.92. The first-order valence-corrected chi connectivity index (χ1v) is 13.1. The lowest BCUT2D eigenvalue weighted by Crippen LogP contribution is -2.15. The molecule has 0 radical (unpaired) electrons. The predicted molar refractivity (Wildman–Crippen MR) is 131 cm³/mol. The molecule has 0 unspecified atom stereocenters. The van der Waals surface area contributed by atoms with Gasteiger partial charge in [0.15, 0.2) is 27.0 Å². The number of rotatable bonds is 4. The number of aromatic nitrogens is 3.